The largest absolute Gasteiger partial charge is 0.396 e. The van der Waals surface area contributed by atoms with Crippen molar-refractivity contribution in [2.24, 2.45) is 0 Å². The number of aliphatic hydroxyl groups excluding tert-OH is 1. The van der Waals surface area contributed by atoms with Crippen LogP contribution in [-0.4, -0.2) is 22.7 Å². The summed E-state index contributed by atoms with van der Waals surface area (Å²) in [5.41, 5.74) is 0. The molecule has 0 saturated heterocycles. The molecule has 1 aliphatic rings. The highest BCUT2D eigenvalue weighted by atomic mass is 32.2. The molecular weight excluding hydrogens is 204 g/mol. The Morgan fingerprint density at radius 1 is 0.867 bits per heavy atom. The minimum Gasteiger partial charge on any atom is -0.396 e. The smallest absolute Gasteiger partial charge is 0.0431 e. The first-order valence-corrected chi connectivity index (χ1v) is 7.71. The van der Waals surface area contributed by atoms with Crippen molar-refractivity contribution in [3.8, 4) is 0 Å². The maximum atomic E-state index is 8.65. The highest BCUT2D eigenvalue weighted by Crippen LogP contribution is 2.27. The van der Waals surface area contributed by atoms with Gasteiger partial charge in [-0.05, 0) is 31.4 Å². The van der Waals surface area contributed by atoms with E-state index in [9.17, 15) is 0 Å². The van der Waals surface area contributed by atoms with Crippen LogP contribution < -0.4 is 0 Å². The molecule has 0 aromatic heterocycles. The molecular formula is C13H26OS. The lowest BCUT2D eigenvalue weighted by molar-refractivity contribution is 0.283. The van der Waals surface area contributed by atoms with Gasteiger partial charge in [-0.1, -0.05) is 38.5 Å². The van der Waals surface area contributed by atoms with Crippen molar-refractivity contribution in [3.05, 3.63) is 0 Å². The topological polar surface area (TPSA) is 20.2 Å². The Labute approximate surface area is 99.0 Å². The van der Waals surface area contributed by atoms with Crippen molar-refractivity contribution < 1.29 is 5.11 Å². The van der Waals surface area contributed by atoms with E-state index in [1.807, 2.05) is 0 Å². The number of hydrogen-bond donors (Lipinski definition) is 1. The van der Waals surface area contributed by atoms with Crippen LogP contribution >= 0.6 is 11.8 Å². The molecule has 0 heterocycles. The van der Waals surface area contributed by atoms with Crippen LogP contribution in [0.2, 0.25) is 0 Å². The number of hydrogen-bond acceptors (Lipinski definition) is 2. The molecule has 0 aromatic rings. The summed E-state index contributed by atoms with van der Waals surface area (Å²) < 4.78 is 0. The Morgan fingerprint density at radius 2 is 1.53 bits per heavy atom. The third-order valence-corrected chi connectivity index (χ3v) is 4.68. The van der Waals surface area contributed by atoms with Crippen LogP contribution in [0.5, 0.6) is 0 Å². The van der Waals surface area contributed by atoms with Gasteiger partial charge in [-0.15, -0.1) is 0 Å². The van der Waals surface area contributed by atoms with Gasteiger partial charge in [-0.3, -0.25) is 0 Å². The van der Waals surface area contributed by atoms with Gasteiger partial charge in [-0.25, -0.2) is 0 Å². The van der Waals surface area contributed by atoms with Crippen molar-refractivity contribution in [1.29, 1.82) is 0 Å². The first-order chi connectivity index (χ1) is 7.43. The van der Waals surface area contributed by atoms with Gasteiger partial charge in [0, 0.05) is 11.9 Å². The van der Waals surface area contributed by atoms with Crippen molar-refractivity contribution in [2.45, 2.75) is 69.5 Å². The molecule has 1 nitrogen and oxygen atoms in total. The van der Waals surface area contributed by atoms with Crippen LogP contribution in [0.1, 0.15) is 64.2 Å². The fraction of sp³-hybridized carbons (Fsp3) is 1.00. The highest BCUT2D eigenvalue weighted by molar-refractivity contribution is 7.99. The Bertz CT molecular complexity index is 130. The molecule has 0 spiro atoms. The maximum absolute atomic E-state index is 8.65. The minimum atomic E-state index is 0.371. The summed E-state index contributed by atoms with van der Waals surface area (Å²) in [5.74, 6) is 1.34. The van der Waals surface area contributed by atoms with Crippen LogP contribution in [0.15, 0.2) is 0 Å². The average molecular weight is 230 g/mol. The molecule has 90 valence electrons. The summed E-state index contributed by atoms with van der Waals surface area (Å²) >= 11 is 2.21. The molecule has 1 aliphatic carbocycles. The van der Waals surface area contributed by atoms with E-state index in [4.69, 9.17) is 5.11 Å². The number of unbranched alkanes of at least 4 members (excludes halogenated alkanes) is 3. The highest BCUT2D eigenvalue weighted by Gasteiger charge is 2.11. The van der Waals surface area contributed by atoms with Crippen LogP contribution in [0, 0.1) is 0 Å². The zero-order valence-corrected chi connectivity index (χ0v) is 10.7. The molecule has 0 radical (unpaired) electrons. The van der Waals surface area contributed by atoms with Crippen molar-refractivity contribution in [2.75, 3.05) is 12.4 Å². The fourth-order valence-electron chi connectivity index (χ4n) is 2.23. The fourth-order valence-corrected chi connectivity index (χ4v) is 3.60. The van der Waals surface area contributed by atoms with Crippen molar-refractivity contribution in [1.82, 2.24) is 0 Å². The standard InChI is InChI=1S/C13H26OS/c14-11-7-3-4-8-12-15-13-9-5-1-2-6-10-13/h13-14H,1-12H2. The molecule has 1 rings (SSSR count). The molecule has 0 bridgehead atoms. The Hall–Kier alpha value is 0.310. The van der Waals surface area contributed by atoms with Gasteiger partial charge in [0.15, 0.2) is 0 Å². The third-order valence-electron chi connectivity index (χ3n) is 3.21. The monoisotopic (exact) mass is 230 g/mol. The Kier molecular flexibility index (Phi) is 8.50. The quantitative estimate of drug-likeness (QED) is 0.527. The lowest BCUT2D eigenvalue weighted by Gasteiger charge is -2.12. The zero-order chi connectivity index (χ0) is 10.8. The van der Waals surface area contributed by atoms with E-state index in [0.29, 0.717) is 6.61 Å². The van der Waals surface area contributed by atoms with Gasteiger partial charge in [0.2, 0.25) is 0 Å². The molecule has 0 aromatic carbocycles. The second kappa shape index (κ2) is 9.53. The predicted octanol–water partition coefficient (Wildman–Crippen LogP) is 4.00. The predicted molar refractivity (Wildman–Crippen MR) is 69.5 cm³/mol. The number of rotatable bonds is 7. The molecule has 0 atom stereocenters. The van der Waals surface area contributed by atoms with Gasteiger partial charge in [0.05, 0.1) is 0 Å². The number of thioether (sulfide) groups is 1. The Balaban J connectivity index is 1.89. The zero-order valence-electron chi connectivity index (χ0n) is 9.92. The Morgan fingerprint density at radius 3 is 2.20 bits per heavy atom. The normalized spacial score (nSPS) is 19.0. The van der Waals surface area contributed by atoms with Gasteiger partial charge in [0.1, 0.15) is 0 Å². The molecule has 1 fully saturated rings. The minimum absolute atomic E-state index is 0.371. The molecule has 1 N–H and O–H groups in total. The molecule has 0 unspecified atom stereocenters. The van der Waals surface area contributed by atoms with E-state index < -0.39 is 0 Å². The second-order valence-electron chi connectivity index (χ2n) is 4.62. The van der Waals surface area contributed by atoms with E-state index in [0.717, 1.165) is 11.7 Å². The molecule has 0 aliphatic heterocycles. The third kappa shape index (κ3) is 7.24. The van der Waals surface area contributed by atoms with Crippen LogP contribution in [0.25, 0.3) is 0 Å². The van der Waals surface area contributed by atoms with Crippen LogP contribution in [-0.2, 0) is 0 Å². The summed E-state index contributed by atoms with van der Waals surface area (Å²) in [4.78, 5) is 0. The van der Waals surface area contributed by atoms with Gasteiger partial charge in [-0.2, -0.15) is 11.8 Å². The van der Waals surface area contributed by atoms with Gasteiger partial charge < -0.3 is 5.11 Å². The van der Waals surface area contributed by atoms with E-state index in [2.05, 4.69) is 11.8 Å². The first-order valence-electron chi connectivity index (χ1n) is 6.66. The summed E-state index contributed by atoms with van der Waals surface area (Å²) in [7, 11) is 0. The molecule has 2 heteroatoms. The molecule has 15 heavy (non-hydrogen) atoms. The SMILES string of the molecule is OCCCCCCSC1CCCCCC1. The lowest BCUT2D eigenvalue weighted by atomic mass is 10.2. The van der Waals surface area contributed by atoms with E-state index in [-0.39, 0.29) is 0 Å². The van der Waals surface area contributed by atoms with Crippen LogP contribution in [0.4, 0.5) is 0 Å². The molecule has 0 amide bonds. The van der Waals surface area contributed by atoms with Crippen molar-refractivity contribution in [3.63, 3.8) is 0 Å². The summed E-state index contributed by atoms with van der Waals surface area (Å²) in [5, 5.41) is 9.62. The summed E-state index contributed by atoms with van der Waals surface area (Å²) in [6, 6.07) is 0. The summed E-state index contributed by atoms with van der Waals surface area (Å²) in [6.07, 6.45) is 13.6. The van der Waals surface area contributed by atoms with Crippen LogP contribution in [0.3, 0.4) is 0 Å². The molecule has 1 saturated carbocycles. The lowest BCUT2D eigenvalue weighted by Crippen LogP contribution is -2.01. The van der Waals surface area contributed by atoms with E-state index in [1.165, 1.54) is 63.5 Å². The number of aliphatic hydroxyl groups is 1. The van der Waals surface area contributed by atoms with Gasteiger partial charge in [0.25, 0.3) is 0 Å². The van der Waals surface area contributed by atoms with E-state index >= 15 is 0 Å². The van der Waals surface area contributed by atoms with E-state index in [1.54, 1.807) is 0 Å². The summed E-state index contributed by atoms with van der Waals surface area (Å²) in [6.45, 7) is 0.371. The van der Waals surface area contributed by atoms with Crippen molar-refractivity contribution >= 4 is 11.8 Å². The van der Waals surface area contributed by atoms with Gasteiger partial charge >= 0.3 is 0 Å². The second-order valence-corrected chi connectivity index (χ2v) is 6.03. The maximum Gasteiger partial charge on any atom is 0.0431 e. The average Bonchev–Trinajstić information content (AvgIpc) is 2.52. The first kappa shape index (κ1) is 13.4.